The molecule has 0 aromatic heterocycles. The summed E-state index contributed by atoms with van der Waals surface area (Å²) < 4.78 is 10.2. The molecule has 2 nitrogen and oxygen atoms in total. The van der Waals surface area contributed by atoms with E-state index in [1.165, 1.54) is 38.5 Å². The first-order chi connectivity index (χ1) is 7.35. The normalized spacial score (nSPS) is 11.7. The molecule has 0 aliphatic rings. The lowest BCUT2D eigenvalue weighted by Gasteiger charge is -2.12. The largest absolute Gasteiger partial charge is 0.356 e. The summed E-state index contributed by atoms with van der Waals surface area (Å²) in [6.45, 7) is 2.21. The number of allylic oxidation sites excluding steroid dienone is 2. The molecular formula is C13H26O2. The Kier molecular flexibility index (Phi) is 11.5. The quantitative estimate of drug-likeness (QED) is 0.312. The lowest BCUT2D eigenvalue weighted by Crippen LogP contribution is -2.12. The summed E-state index contributed by atoms with van der Waals surface area (Å²) >= 11 is 0. The van der Waals surface area contributed by atoms with Gasteiger partial charge in [0.2, 0.25) is 0 Å². The van der Waals surface area contributed by atoms with Crippen LogP contribution in [0.4, 0.5) is 0 Å². The van der Waals surface area contributed by atoms with Gasteiger partial charge in [-0.15, -0.1) is 0 Å². The van der Waals surface area contributed by atoms with Crippen LogP contribution in [0.15, 0.2) is 12.2 Å². The van der Waals surface area contributed by atoms with Gasteiger partial charge in [0.25, 0.3) is 0 Å². The first kappa shape index (κ1) is 14.7. The van der Waals surface area contributed by atoms with Gasteiger partial charge in [-0.05, 0) is 32.1 Å². The topological polar surface area (TPSA) is 18.5 Å². The van der Waals surface area contributed by atoms with Gasteiger partial charge in [0.15, 0.2) is 6.29 Å². The van der Waals surface area contributed by atoms with E-state index in [9.17, 15) is 0 Å². The fraction of sp³-hybridized carbons (Fsp3) is 0.846. The highest BCUT2D eigenvalue weighted by atomic mass is 16.7. The molecule has 0 fully saturated rings. The van der Waals surface area contributed by atoms with Gasteiger partial charge in [0.05, 0.1) is 0 Å². The molecule has 0 saturated heterocycles. The standard InChI is InChI=1S/C13H26O2/c1-4-5-6-7-8-9-10-11-12-13(14-2)15-3/h6-7,13H,4-5,8-12H2,1-3H3/b7-6-. The third kappa shape index (κ3) is 9.95. The zero-order valence-electron chi connectivity index (χ0n) is 10.5. The Hall–Kier alpha value is -0.340. The van der Waals surface area contributed by atoms with Crippen LogP contribution in [-0.4, -0.2) is 20.5 Å². The molecule has 0 saturated carbocycles. The van der Waals surface area contributed by atoms with Crippen LogP contribution in [0.5, 0.6) is 0 Å². The van der Waals surface area contributed by atoms with Crippen molar-refractivity contribution in [2.45, 2.75) is 58.2 Å². The molecule has 0 aliphatic carbocycles. The monoisotopic (exact) mass is 214 g/mol. The molecule has 0 unspecified atom stereocenters. The molecule has 90 valence electrons. The van der Waals surface area contributed by atoms with Crippen molar-refractivity contribution in [1.82, 2.24) is 0 Å². The van der Waals surface area contributed by atoms with Crippen molar-refractivity contribution in [2.24, 2.45) is 0 Å². The molecule has 15 heavy (non-hydrogen) atoms. The molecule has 0 bridgehead atoms. The highest BCUT2D eigenvalue weighted by Crippen LogP contribution is 2.08. The minimum Gasteiger partial charge on any atom is -0.356 e. The second-order valence-corrected chi connectivity index (χ2v) is 3.80. The van der Waals surface area contributed by atoms with Crippen LogP contribution in [0.25, 0.3) is 0 Å². The fourth-order valence-electron chi connectivity index (χ4n) is 1.48. The van der Waals surface area contributed by atoms with E-state index in [0.717, 1.165) is 6.42 Å². The van der Waals surface area contributed by atoms with Crippen LogP contribution in [0.2, 0.25) is 0 Å². The first-order valence-corrected chi connectivity index (χ1v) is 6.05. The summed E-state index contributed by atoms with van der Waals surface area (Å²) in [6.07, 6.45) is 13.0. The van der Waals surface area contributed by atoms with E-state index < -0.39 is 0 Å². The molecule has 0 aromatic carbocycles. The van der Waals surface area contributed by atoms with Gasteiger partial charge >= 0.3 is 0 Å². The highest BCUT2D eigenvalue weighted by molar-refractivity contribution is 4.80. The Morgan fingerprint density at radius 1 is 0.933 bits per heavy atom. The maximum atomic E-state index is 5.12. The lowest BCUT2D eigenvalue weighted by molar-refractivity contribution is -0.107. The minimum absolute atomic E-state index is 0.0133. The first-order valence-electron chi connectivity index (χ1n) is 6.05. The molecule has 0 aliphatic heterocycles. The van der Waals surface area contributed by atoms with Crippen LogP contribution in [-0.2, 0) is 9.47 Å². The summed E-state index contributed by atoms with van der Waals surface area (Å²) in [7, 11) is 3.39. The van der Waals surface area contributed by atoms with E-state index in [2.05, 4.69) is 19.1 Å². The van der Waals surface area contributed by atoms with Gasteiger partial charge in [-0.3, -0.25) is 0 Å². The van der Waals surface area contributed by atoms with E-state index >= 15 is 0 Å². The molecule has 0 atom stereocenters. The lowest BCUT2D eigenvalue weighted by atomic mass is 10.1. The number of ether oxygens (including phenoxy) is 2. The Labute approximate surface area is 94.7 Å². The van der Waals surface area contributed by atoms with E-state index in [1.807, 2.05) is 0 Å². The van der Waals surface area contributed by atoms with Gasteiger partial charge < -0.3 is 9.47 Å². The summed E-state index contributed by atoms with van der Waals surface area (Å²) in [4.78, 5) is 0. The van der Waals surface area contributed by atoms with E-state index in [4.69, 9.17) is 9.47 Å². The van der Waals surface area contributed by atoms with Crippen molar-refractivity contribution in [3.05, 3.63) is 12.2 Å². The van der Waals surface area contributed by atoms with Crippen molar-refractivity contribution in [1.29, 1.82) is 0 Å². The van der Waals surface area contributed by atoms with E-state index in [1.54, 1.807) is 14.2 Å². The zero-order chi connectivity index (χ0) is 11.4. The minimum atomic E-state index is -0.0133. The molecule has 0 rings (SSSR count). The van der Waals surface area contributed by atoms with Crippen molar-refractivity contribution in [3.63, 3.8) is 0 Å². The van der Waals surface area contributed by atoms with Gasteiger partial charge in [-0.25, -0.2) is 0 Å². The Balaban J connectivity index is 3.17. The molecule has 0 N–H and O–H groups in total. The number of hydrogen-bond acceptors (Lipinski definition) is 2. The van der Waals surface area contributed by atoms with Crippen LogP contribution < -0.4 is 0 Å². The van der Waals surface area contributed by atoms with Crippen molar-refractivity contribution in [2.75, 3.05) is 14.2 Å². The second kappa shape index (κ2) is 11.7. The maximum Gasteiger partial charge on any atom is 0.156 e. The highest BCUT2D eigenvalue weighted by Gasteiger charge is 2.02. The third-order valence-corrected chi connectivity index (χ3v) is 2.46. The predicted octanol–water partition coefficient (Wildman–Crippen LogP) is 3.91. The Bertz CT molecular complexity index is 139. The van der Waals surface area contributed by atoms with Crippen molar-refractivity contribution in [3.8, 4) is 0 Å². The summed E-state index contributed by atoms with van der Waals surface area (Å²) in [5.74, 6) is 0. The number of methoxy groups -OCH3 is 2. The van der Waals surface area contributed by atoms with Crippen LogP contribution in [0, 0.1) is 0 Å². The third-order valence-electron chi connectivity index (χ3n) is 2.46. The van der Waals surface area contributed by atoms with Crippen molar-refractivity contribution >= 4 is 0 Å². The molecule has 0 heterocycles. The van der Waals surface area contributed by atoms with Gasteiger partial charge in [-0.1, -0.05) is 31.9 Å². The van der Waals surface area contributed by atoms with Crippen LogP contribution >= 0.6 is 0 Å². The Morgan fingerprint density at radius 2 is 1.60 bits per heavy atom. The number of hydrogen-bond donors (Lipinski definition) is 0. The molecule has 0 aromatic rings. The summed E-state index contributed by atoms with van der Waals surface area (Å²) in [6, 6.07) is 0. The van der Waals surface area contributed by atoms with Crippen LogP contribution in [0.1, 0.15) is 51.9 Å². The van der Waals surface area contributed by atoms with Gasteiger partial charge in [-0.2, -0.15) is 0 Å². The average molecular weight is 214 g/mol. The van der Waals surface area contributed by atoms with Crippen LogP contribution in [0.3, 0.4) is 0 Å². The summed E-state index contributed by atoms with van der Waals surface area (Å²) in [5, 5.41) is 0. The zero-order valence-corrected chi connectivity index (χ0v) is 10.5. The molecule has 0 spiro atoms. The second-order valence-electron chi connectivity index (χ2n) is 3.80. The molecular weight excluding hydrogens is 188 g/mol. The SMILES string of the molecule is CCC/C=C\CCCCCC(OC)OC. The number of rotatable bonds is 10. The molecule has 0 amide bonds. The summed E-state index contributed by atoms with van der Waals surface area (Å²) in [5.41, 5.74) is 0. The maximum absolute atomic E-state index is 5.12. The number of unbranched alkanes of at least 4 members (excludes halogenated alkanes) is 4. The van der Waals surface area contributed by atoms with E-state index in [-0.39, 0.29) is 6.29 Å². The van der Waals surface area contributed by atoms with E-state index in [0.29, 0.717) is 0 Å². The smallest absolute Gasteiger partial charge is 0.156 e. The average Bonchev–Trinajstić information content (AvgIpc) is 2.27. The molecule has 2 heteroatoms. The fourth-order valence-corrected chi connectivity index (χ4v) is 1.48. The molecule has 0 radical (unpaired) electrons. The van der Waals surface area contributed by atoms with Gasteiger partial charge in [0, 0.05) is 14.2 Å². The van der Waals surface area contributed by atoms with Crippen molar-refractivity contribution < 1.29 is 9.47 Å². The predicted molar refractivity (Wildman–Crippen MR) is 64.9 cm³/mol. The Morgan fingerprint density at radius 3 is 2.20 bits per heavy atom. The van der Waals surface area contributed by atoms with Gasteiger partial charge in [0.1, 0.15) is 0 Å².